The Bertz CT molecular complexity index is 463. The molecule has 2 saturated carbocycles. The van der Waals surface area contributed by atoms with Crippen molar-refractivity contribution in [3.8, 4) is 0 Å². The van der Waals surface area contributed by atoms with Crippen molar-refractivity contribution in [1.29, 1.82) is 0 Å². The van der Waals surface area contributed by atoms with Gasteiger partial charge in [-0.05, 0) is 94.3 Å². The Morgan fingerprint density at radius 2 is 1.65 bits per heavy atom. The first-order valence-corrected chi connectivity index (χ1v) is 14.1. The Hall–Kier alpha value is -0.393. The Morgan fingerprint density at radius 1 is 1.00 bits per heavy atom. The first kappa shape index (κ1) is 20.3. The largest absolute Gasteiger partial charge is 0.432 e. The zero-order valence-corrected chi connectivity index (χ0v) is 18.0. The maximum atomic E-state index is 12.9. The molecule has 0 aromatic carbocycles. The van der Waals surface area contributed by atoms with Crippen LogP contribution in [0, 0.1) is 23.7 Å². The normalized spacial score (nSPS) is 34.7. The average Bonchev–Trinajstić information content (AvgIpc) is 2.67. The molecular formula is C21H40N2O2Si. The van der Waals surface area contributed by atoms with Crippen LogP contribution in [-0.4, -0.2) is 43.6 Å². The lowest BCUT2D eigenvalue weighted by atomic mass is 9.72. The van der Waals surface area contributed by atoms with Crippen molar-refractivity contribution in [2.24, 2.45) is 29.4 Å². The third-order valence-electron chi connectivity index (χ3n) is 7.75. The van der Waals surface area contributed by atoms with Crippen LogP contribution < -0.4 is 5.73 Å². The molecule has 26 heavy (non-hydrogen) atoms. The number of hydrogen-bond acceptors (Lipinski definition) is 3. The predicted molar refractivity (Wildman–Crippen MR) is 109 cm³/mol. The summed E-state index contributed by atoms with van der Waals surface area (Å²) in [6.45, 7) is 6.88. The van der Waals surface area contributed by atoms with Crippen LogP contribution in [0.25, 0.3) is 0 Å². The van der Waals surface area contributed by atoms with Gasteiger partial charge < -0.3 is 15.4 Å². The second kappa shape index (κ2) is 8.74. The fourth-order valence-electron chi connectivity index (χ4n) is 5.87. The molecule has 150 valence electrons. The molecule has 2 atom stereocenters. The zero-order valence-electron chi connectivity index (χ0n) is 17.0. The van der Waals surface area contributed by atoms with Gasteiger partial charge in [0.1, 0.15) is 0 Å². The van der Waals surface area contributed by atoms with E-state index in [0.717, 1.165) is 63.1 Å². The number of carbonyl (C=O) groups is 1. The van der Waals surface area contributed by atoms with Crippen LogP contribution in [0.2, 0.25) is 18.6 Å². The summed E-state index contributed by atoms with van der Waals surface area (Å²) in [5.74, 6) is 3.02. The van der Waals surface area contributed by atoms with Crippen LogP contribution in [0.1, 0.15) is 64.2 Å². The van der Waals surface area contributed by atoms with E-state index >= 15 is 0 Å². The van der Waals surface area contributed by atoms with Gasteiger partial charge in [0.25, 0.3) is 0 Å². The third kappa shape index (κ3) is 4.90. The van der Waals surface area contributed by atoms with E-state index in [1.165, 1.54) is 38.5 Å². The average molecular weight is 381 g/mol. The molecule has 3 fully saturated rings. The number of rotatable bonds is 4. The number of hydrogen-bond donors (Lipinski definition) is 2. The Kier molecular flexibility index (Phi) is 6.84. The summed E-state index contributed by atoms with van der Waals surface area (Å²) in [6, 6.07) is 0. The molecule has 2 aliphatic carbocycles. The standard InChI is InChI=1S/C21H40N2O2Si/c1-26(2,25)20-8-6-18(7-9-20)21(24)23-12-10-17(11-13-23)19-5-3-4-16(14-19)15-22/h16-20,25H,3-15,22H2,1-2H3. The van der Waals surface area contributed by atoms with Gasteiger partial charge in [0.15, 0.2) is 8.32 Å². The van der Waals surface area contributed by atoms with Crippen molar-refractivity contribution in [3.63, 3.8) is 0 Å². The molecule has 0 aromatic heterocycles. The topological polar surface area (TPSA) is 66.6 Å². The second-order valence-electron chi connectivity index (χ2n) is 9.89. The maximum absolute atomic E-state index is 12.9. The van der Waals surface area contributed by atoms with Crippen molar-refractivity contribution in [3.05, 3.63) is 0 Å². The van der Waals surface area contributed by atoms with Crippen molar-refractivity contribution in [1.82, 2.24) is 4.90 Å². The van der Waals surface area contributed by atoms with Gasteiger partial charge in [0.05, 0.1) is 0 Å². The van der Waals surface area contributed by atoms with Crippen molar-refractivity contribution in [2.45, 2.75) is 82.8 Å². The van der Waals surface area contributed by atoms with E-state index in [2.05, 4.69) is 4.90 Å². The highest BCUT2D eigenvalue weighted by atomic mass is 28.4. The quantitative estimate of drug-likeness (QED) is 0.730. The molecule has 1 aliphatic heterocycles. The minimum atomic E-state index is -2.03. The van der Waals surface area contributed by atoms with Crippen molar-refractivity contribution < 1.29 is 9.59 Å². The van der Waals surface area contributed by atoms with E-state index in [1.54, 1.807) is 0 Å². The molecule has 1 amide bonds. The molecular weight excluding hydrogens is 340 g/mol. The molecule has 3 N–H and O–H groups in total. The fraction of sp³-hybridized carbons (Fsp3) is 0.952. The van der Waals surface area contributed by atoms with E-state index in [-0.39, 0.29) is 5.92 Å². The highest BCUT2D eigenvalue weighted by Crippen LogP contribution is 2.41. The molecule has 0 spiro atoms. The lowest BCUT2D eigenvalue weighted by Crippen LogP contribution is -2.45. The molecule has 0 radical (unpaired) electrons. The van der Waals surface area contributed by atoms with Crippen LogP contribution in [0.15, 0.2) is 0 Å². The monoisotopic (exact) mass is 380 g/mol. The Balaban J connectivity index is 1.44. The lowest BCUT2D eigenvalue weighted by molar-refractivity contribution is -0.138. The number of nitrogens with two attached hydrogens (primary N) is 1. The summed E-state index contributed by atoms with van der Waals surface area (Å²) in [5.41, 5.74) is 6.40. The van der Waals surface area contributed by atoms with Crippen LogP contribution in [0.4, 0.5) is 0 Å². The molecule has 1 heterocycles. The highest BCUT2D eigenvalue weighted by Gasteiger charge is 2.38. The molecule has 3 rings (SSSR count). The fourth-order valence-corrected chi connectivity index (χ4v) is 7.62. The van der Waals surface area contributed by atoms with Gasteiger partial charge in [-0.1, -0.05) is 12.8 Å². The summed E-state index contributed by atoms with van der Waals surface area (Å²) in [4.78, 5) is 25.4. The van der Waals surface area contributed by atoms with Gasteiger partial charge in [-0.3, -0.25) is 4.79 Å². The predicted octanol–water partition coefficient (Wildman–Crippen LogP) is 3.75. The molecule has 3 aliphatic rings. The first-order valence-electron chi connectivity index (χ1n) is 11.1. The minimum Gasteiger partial charge on any atom is -0.432 e. The SMILES string of the molecule is C[Si](C)(O)C1CCC(C(=O)N2CCC(C3CCCC(CN)C3)CC2)CC1. The van der Waals surface area contributed by atoms with Gasteiger partial charge in [-0.25, -0.2) is 0 Å². The summed E-state index contributed by atoms with van der Waals surface area (Å²) >= 11 is 0. The van der Waals surface area contributed by atoms with E-state index < -0.39 is 8.32 Å². The van der Waals surface area contributed by atoms with Crippen LogP contribution in [0.5, 0.6) is 0 Å². The van der Waals surface area contributed by atoms with Gasteiger partial charge in [-0.15, -0.1) is 0 Å². The molecule has 5 heteroatoms. The number of likely N-dealkylation sites (tertiary alicyclic amines) is 1. The number of amides is 1. The number of nitrogens with zero attached hydrogens (tertiary/aromatic N) is 1. The molecule has 0 aromatic rings. The van der Waals surface area contributed by atoms with Gasteiger partial charge >= 0.3 is 0 Å². The van der Waals surface area contributed by atoms with E-state index in [9.17, 15) is 9.59 Å². The Labute approximate surface area is 161 Å². The third-order valence-corrected chi connectivity index (χ3v) is 10.3. The second-order valence-corrected chi connectivity index (χ2v) is 14.0. The lowest BCUT2D eigenvalue weighted by Gasteiger charge is -2.41. The van der Waals surface area contributed by atoms with Crippen LogP contribution in [0.3, 0.4) is 0 Å². The summed E-state index contributed by atoms with van der Waals surface area (Å²) in [6.07, 6.45) is 11.8. The molecule has 1 saturated heterocycles. The van der Waals surface area contributed by atoms with Crippen LogP contribution in [-0.2, 0) is 4.79 Å². The summed E-state index contributed by atoms with van der Waals surface area (Å²) in [5, 5.41) is 0. The number of piperidine rings is 1. The van der Waals surface area contributed by atoms with Crippen molar-refractivity contribution >= 4 is 14.2 Å². The molecule has 0 bridgehead atoms. The van der Waals surface area contributed by atoms with E-state index in [1.807, 2.05) is 13.1 Å². The van der Waals surface area contributed by atoms with E-state index in [0.29, 0.717) is 11.4 Å². The van der Waals surface area contributed by atoms with Crippen molar-refractivity contribution in [2.75, 3.05) is 19.6 Å². The maximum Gasteiger partial charge on any atom is 0.225 e. The smallest absolute Gasteiger partial charge is 0.225 e. The summed E-state index contributed by atoms with van der Waals surface area (Å²) < 4.78 is 0. The number of carbonyl (C=O) groups excluding carboxylic acids is 1. The zero-order chi connectivity index (χ0) is 18.7. The van der Waals surface area contributed by atoms with Crippen LogP contribution >= 0.6 is 0 Å². The molecule has 4 nitrogen and oxygen atoms in total. The minimum absolute atomic E-state index is 0.218. The first-order chi connectivity index (χ1) is 12.4. The van der Waals surface area contributed by atoms with E-state index in [4.69, 9.17) is 5.73 Å². The Morgan fingerprint density at radius 3 is 2.23 bits per heavy atom. The molecule has 2 unspecified atom stereocenters. The van der Waals surface area contributed by atoms with Gasteiger partial charge in [0, 0.05) is 19.0 Å². The van der Waals surface area contributed by atoms with Gasteiger partial charge in [0.2, 0.25) is 5.91 Å². The highest BCUT2D eigenvalue weighted by molar-refractivity contribution is 6.71. The summed E-state index contributed by atoms with van der Waals surface area (Å²) in [7, 11) is -2.03. The van der Waals surface area contributed by atoms with Gasteiger partial charge in [-0.2, -0.15) is 0 Å².